The fourth-order valence-electron chi connectivity index (χ4n) is 2.93. The maximum Gasteiger partial charge on any atom is 0.507 e. The van der Waals surface area contributed by atoms with Crippen LogP contribution in [0.5, 0.6) is 0 Å². The molecule has 0 spiro atoms. The van der Waals surface area contributed by atoms with Crippen LogP contribution >= 0.6 is 12.6 Å². The minimum absolute atomic E-state index is 0.0913. The van der Waals surface area contributed by atoms with E-state index in [1.807, 2.05) is 30.3 Å². The Morgan fingerprint density at radius 3 is 2.43 bits per heavy atom. The Hall–Kier alpha value is -2.42. The van der Waals surface area contributed by atoms with Gasteiger partial charge in [-0.25, -0.2) is 23.6 Å². The van der Waals surface area contributed by atoms with E-state index >= 15 is 0 Å². The molecule has 0 saturated heterocycles. The highest BCUT2D eigenvalue weighted by molar-refractivity contribution is 7.79. The van der Waals surface area contributed by atoms with Crippen LogP contribution in [0.2, 0.25) is 0 Å². The Balaban J connectivity index is 2.19. The average Bonchev–Trinajstić information content (AvgIpc) is 2.80. The summed E-state index contributed by atoms with van der Waals surface area (Å²) in [7, 11) is 0. The molecule has 23 heavy (non-hydrogen) atoms. The lowest BCUT2D eigenvalue weighted by atomic mass is 10.0. The summed E-state index contributed by atoms with van der Waals surface area (Å²) in [6.45, 7) is 0. The summed E-state index contributed by atoms with van der Waals surface area (Å²) in [4.78, 5) is 35.8. The maximum atomic E-state index is 12.5. The lowest BCUT2D eigenvalue weighted by Crippen LogP contribution is -2.39. The smallest absolute Gasteiger partial charge is 0.450 e. The molecule has 1 N–H and O–H groups in total. The van der Waals surface area contributed by atoms with Crippen molar-refractivity contribution in [3.8, 4) is 0 Å². The summed E-state index contributed by atoms with van der Waals surface area (Å²) < 4.78 is 8.07. The van der Waals surface area contributed by atoms with Gasteiger partial charge in [-0.2, -0.15) is 17.3 Å². The summed E-state index contributed by atoms with van der Waals surface area (Å²) in [5.74, 6) is -0.0913. The molecular formula is C14H15N3O5S. The molecule has 0 amide bonds. The minimum Gasteiger partial charge on any atom is -0.450 e. The van der Waals surface area contributed by atoms with E-state index in [1.54, 1.807) is 0 Å². The molecule has 2 heterocycles. The molecule has 1 aliphatic heterocycles. The Morgan fingerprint density at radius 1 is 1.17 bits per heavy atom. The third-order valence-electron chi connectivity index (χ3n) is 3.90. The molecule has 8 nitrogen and oxygen atoms in total. The van der Waals surface area contributed by atoms with Gasteiger partial charge in [0.2, 0.25) is 6.23 Å². The molecule has 2 unspecified atom stereocenters. The normalized spacial score (nSPS) is 20.0. The molecule has 2 atom stereocenters. The second kappa shape index (κ2) is 5.99. The summed E-state index contributed by atoms with van der Waals surface area (Å²) in [5.41, 5.74) is -0.289. The van der Waals surface area contributed by atoms with E-state index in [1.165, 1.54) is 4.68 Å². The molecule has 3 rings (SSSR count). The van der Waals surface area contributed by atoms with Crippen LogP contribution in [0.4, 0.5) is 4.79 Å². The Bertz CT molecular complexity index is 838. The third kappa shape index (κ3) is 2.56. The van der Waals surface area contributed by atoms with Gasteiger partial charge < -0.3 is 9.84 Å². The highest BCUT2D eigenvalue weighted by Crippen LogP contribution is 2.31. The number of ether oxygens (including phenoxy) is 1. The van der Waals surface area contributed by atoms with E-state index in [-0.39, 0.29) is 11.9 Å². The molecule has 1 aliphatic rings. The van der Waals surface area contributed by atoms with E-state index in [2.05, 4.69) is 12.6 Å². The SMILES string of the molecule is O=C(O)OC1CCC(c2ccccc2)n2c(=O)n(CS)c(=O)n21. The van der Waals surface area contributed by atoms with Crippen LogP contribution in [0, 0.1) is 0 Å². The van der Waals surface area contributed by atoms with Crippen molar-refractivity contribution in [2.24, 2.45) is 0 Å². The van der Waals surface area contributed by atoms with Crippen molar-refractivity contribution < 1.29 is 14.6 Å². The number of carbonyl (C=O) groups is 1. The zero-order valence-electron chi connectivity index (χ0n) is 12.0. The first kappa shape index (κ1) is 15.5. The molecule has 0 radical (unpaired) electrons. The van der Waals surface area contributed by atoms with Gasteiger partial charge in [-0.3, -0.25) is 0 Å². The van der Waals surface area contributed by atoms with E-state index in [0.717, 1.165) is 14.8 Å². The second-order valence-electron chi connectivity index (χ2n) is 5.17. The van der Waals surface area contributed by atoms with Gasteiger partial charge in [0.25, 0.3) is 0 Å². The van der Waals surface area contributed by atoms with Crippen molar-refractivity contribution in [3.05, 3.63) is 56.9 Å². The molecule has 1 aromatic carbocycles. The van der Waals surface area contributed by atoms with Gasteiger partial charge >= 0.3 is 17.5 Å². The van der Waals surface area contributed by atoms with Gasteiger partial charge in [-0.15, -0.1) is 0 Å². The number of hydrogen-bond donors (Lipinski definition) is 2. The summed E-state index contributed by atoms with van der Waals surface area (Å²) in [6, 6.07) is 8.92. The van der Waals surface area contributed by atoms with Crippen LogP contribution in [0.1, 0.15) is 30.7 Å². The monoisotopic (exact) mass is 337 g/mol. The van der Waals surface area contributed by atoms with Gasteiger partial charge in [-0.05, 0) is 12.0 Å². The van der Waals surface area contributed by atoms with Crippen LogP contribution in [-0.4, -0.2) is 25.2 Å². The van der Waals surface area contributed by atoms with Crippen LogP contribution in [0.3, 0.4) is 0 Å². The van der Waals surface area contributed by atoms with E-state index in [0.29, 0.717) is 12.8 Å². The number of benzene rings is 1. The summed E-state index contributed by atoms with van der Waals surface area (Å²) in [6.07, 6.45) is -1.72. The number of carboxylic acid groups (broad SMARTS) is 1. The highest BCUT2D eigenvalue weighted by Gasteiger charge is 2.34. The standard InChI is InChI=1S/C14H15N3O5S/c18-12-15(8-23)13(19)17-11(22-14(20)21)7-6-10(16(12)17)9-4-2-1-3-5-9/h1-5,10-11,23H,6-8H2,(H,20,21). The predicted molar refractivity (Wildman–Crippen MR) is 83.9 cm³/mol. The summed E-state index contributed by atoms with van der Waals surface area (Å²) in [5, 5.41) is 8.85. The first-order chi connectivity index (χ1) is 11.0. The molecule has 0 aliphatic carbocycles. The summed E-state index contributed by atoms with van der Waals surface area (Å²) >= 11 is 4.00. The minimum atomic E-state index is -1.49. The number of fused-ring (bicyclic) bond motifs is 1. The van der Waals surface area contributed by atoms with Gasteiger partial charge in [0.1, 0.15) is 0 Å². The van der Waals surface area contributed by atoms with Crippen molar-refractivity contribution in [3.63, 3.8) is 0 Å². The van der Waals surface area contributed by atoms with Crippen LogP contribution in [0.15, 0.2) is 39.9 Å². The molecule has 122 valence electrons. The number of hydrogen-bond acceptors (Lipinski definition) is 5. The van der Waals surface area contributed by atoms with Crippen LogP contribution in [0.25, 0.3) is 0 Å². The Morgan fingerprint density at radius 2 is 1.83 bits per heavy atom. The van der Waals surface area contributed by atoms with Crippen molar-refractivity contribution in [1.29, 1.82) is 0 Å². The number of thiol groups is 1. The fraction of sp³-hybridized carbons (Fsp3) is 0.357. The molecule has 0 fully saturated rings. The fourth-order valence-corrected chi connectivity index (χ4v) is 3.18. The topological polar surface area (TPSA) is 95.5 Å². The molecule has 1 aromatic heterocycles. The molecule has 9 heteroatoms. The quantitative estimate of drug-likeness (QED) is 0.650. The number of nitrogens with zero attached hydrogens (tertiary/aromatic N) is 3. The predicted octanol–water partition coefficient (Wildman–Crippen LogP) is 1.28. The van der Waals surface area contributed by atoms with E-state index < -0.39 is 23.8 Å². The number of rotatable bonds is 3. The molecule has 2 aromatic rings. The zero-order valence-corrected chi connectivity index (χ0v) is 12.9. The van der Waals surface area contributed by atoms with Gasteiger partial charge in [0.05, 0.1) is 11.9 Å². The van der Waals surface area contributed by atoms with E-state index in [4.69, 9.17) is 9.84 Å². The Labute approximate surface area is 135 Å². The number of aromatic nitrogens is 3. The van der Waals surface area contributed by atoms with Crippen molar-refractivity contribution >= 4 is 18.8 Å². The second-order valence-corrected chi connectivity index (χ2v) is 5.45. The van der Waals surface area contributed by atoms with Crippen molar-refractivity contribution in [2.45, 2.75) is 31.0 Å². The third-order valence-corrected chi connectivity index (χ3v) is 4.19. The molecule has 0 saturated carbocycles. The Kier molecular flexibility index (Phi) is 4.03. The first-order valence-electron chi connectivity index (χ1n) is 7.03. The van der Waals surface area contributed by atoms with Crippen molar-refractivity contribution in [1.82, 2.24) is 13.9 Å². The molecular weight excluding hydrogens is 322 g/mol. The van der Waals surface area contributed by atoms with Gasteiger partial charge in [0.15, 0.2) is 0 Å². The highest BCUT2D eigenvalue weighted by atomic mass is 32.1. The maximum absolute atomic E-state index is 12.5. The first-order valence-corrected chi connectivity index (χ1v) is 7.67. The van der Waals surface area contributed by atoms with E-state index in [9.17, 15) is 14.4 Å². The van der Waals surface area contributed by atoms with Gasteiger partial charge in [-0.1, -0.05) is 30.3 Å². The largest absolute Gasteiger partial charge is 0.507 e. The van der Waals surface area contributed by atoms with Crippen LogP contribution in [-0.2, 0) is 10.6 Å². The lowest BCUT2D eigenvalue weighted by Gasteiger charge is -2.30. The van der Waals surface area contributed by atoms with Crippen molar-refractivity contribution in [2.75, 3.05) is 0 Å². The zero-order chi connectivity index (χ0) is 16.6. The lowest BCUT2D eigenvalue weighted by molar-refractivity contribution is -0.0197. The van der Waals surface area contributed by atoms with Gasteiger partial charge in [0, 0.05) is 6.42 Å². The van der Waals surface area contributed by atoms with Crippen LogP contribution < -0.4 is 11.4 Å². The molecule has 0 bridgehead atoms. The average molecular weight is 337 g/mol.